The number of sulfone groups is 1. The van der Waals surface area contributed by atoms with Crippen molar-refractivity contribution in [3.05, 3.63) is 65.5 Å². The fourth-order valence-corrected chi connectivity index (χ4v) is 5.78. The lowest BCUT2D eigenvalue weighted by Gasteiger charge is -2.09. The first kappa shape index (κ1) is 17.6. The molecule has 0 bridgehead atoms. The summed E-state index contributed by atoms with van der Waals surface area (Å²) in [6.45, 7) is 0.956. The second-order valence-electron chi connectivity index (χ2n) is 6.31. The monoisotopic (exact) mass is 364 g/mol. The molecule has 1 fully saturated rings. The van der Waals surface area contributed by atoms with Crippen LogP contribution in [0.1, 0.15) is 17.0 Å². The zero-order chi connectivity index (χ0) is 18.4. The highest BCUT2D eigenvalue weighted by atomic mass is 32.2. The van der Waals surface area contributed by atoms with E-state index in [1.165, 1.54) is 30.3 Å². The maximum atomic E-state index is 13.5. The van der Waals surface area contributed by atoms with Gasteiger partial charge in [-0.25, -0.2) is 12.8 Å². The molecular weight excluding hydrogens is 347 g/mol. The molecule has 1 aliphatic carbocycles. The number of hydrogen-bond acceptors (Lipinski definition) is 4. The van der Waals surface area contributed by atoms with E-state index in [9.17, 15) is 27.8 Å². The number of aryl methyl sites for hydroxylation is 1. The third-order valence-corrected chi connectivity index (χ3v) is 7.10. The largest absolute Gasteiger partial charge is 0.481 e. The van der Waals surface area contributed by atoms with Gasteiger partial charge in [0.1, 0.15) is 11.2 Å². The number of halogens is 1. The van der Waals surface area contributed by atoms with Crippen LogP contribution in [0, 0.1) is 18.2 Å². The minimum Gasteiger partial charge on any atom is -0.481 e. The molecule has 25 heavy (non-hydrogen) atoms. The van der Waals surface area contributed by atoms with Crippen molar-refractivity contribution in [3.8, 4) is 0 Å². The van der Waals surface area contributed by atoms with Crippen molar-refractivity contribution < 1.29 is 27.8 Å². The van der Waals surface area contributed by atoms with Crippen molar-refractivity contribution in [2.24, 2.45) is 5.41 Å². The standard InChI is InChI=1S/C18H17FO5S/c1-11-5-7-14(8-6-11)25(23,24)16-15(18(16,10-20)17(21)22)12-3-2-4-13(19)9-12/h2-9,15-16,20H,10H2,1H3,(H,21,22)/t15-,16+,18+/m0/s1. The maximum Gasteiger partial charge on any atom is 0.314 e. The Bertz CT molecular complexity index is 923. The van der Waals surface area contributed by atoms with Gasteiger partial charge in [0.2, 0.25) is 0 Å². The highest BCUT2D eigenvalue weighted by Gasteiger charge is 2.75. The molecule has 7 heteroatoms. The molecule has 2 aromatic carbocycles. The molecule has 132 valence electrons. The Morgan fingerprint density at radius 1 is 1.20 bits per heavy atom. The van der Waals surface area contributed by atoms with E-state index in [-0.39, 0.29) is 10.5 Å². The van der Waals surface area contributed by atoms with E-state index in [2.05, 4.69) is 0 Å². The van der Waals surface area contributed by atoms with Crippen LogP contribution in [0.3, 0.4) is 0 Å². The SMILES string of the molecule is Cc1ccc(S(=O)(=O)[C@@H]2[C@H](c3cccc(F)c3)[C@@]2(CO)C(=O)O)cc1. The zero-order valence-corrected chi connectivity index (χ0v) is 14.2. The molecule has 5 nitrogen and oxygen atoms in total. The lowest BCUT2D eigenvalue weighted by atomic mass is 10.00. The second kappa shape index (κ2) is 5.93. The highest BCUT2D eigenvalue weighted by molar-refractivity contribution is 7.92. The molecule has 0 heterocycles. The number of aliphatic hydroxyl groups is 1. The van der Waals surface area contributed by atoms with Gasteiger partial charge in [-0.2, -0.15) is 0 Å². The van der Waals surface area contributed by atoms with Crippen LogP contribution in [-0.4, -0.2) is 36.5 Å². The van der Waals surface area contributed by atoms with Crippen molar-refractivity contribution in [2.45, 2.75) is 23.0 Å². The Morgan fingerprint density at radius 2 is 1.84 bits per heavy atom. The van der Waals surface area contributed by atoms with E-state index in [0.29, 0.717) is 0 Å². The second-order valence-corrected chi connectivity index (χ2v) is 8.38. The van der Waals surface area contributed by atoms with Gasteiger partial charge in [0.25, 0.3) is 0 Å². The molecule has 0 saturated heterocycles. The summed E-state index contributed by atoms with van der Waals surface area (Å²) in [4.78, 5) is 11.8. The smallest absolute Gasteiger partial charge is 0.314 e. The van der Waals surface area contributed by atoms with Gasteiger partial charge in [-0.15, -0.1) is 0 Å². The van der Waals surface area contributed by atoms with Crippen LogP contribution in [0.4, 0.5) is 4.39 Å². The van der Waals surface area contributed by atoms with Gasteiger partial charge in [0.05, 0.1) is 16.8 Å². The van der Waals surface area contributed by atoms with Crippen molar-refractivity contribution in [2.75, 3.05) is 6.61 Å². The lowest BCUT2D eigenvalue weighted by molar-refractivity contribution is -0.145. The molecule has 3 rings (SSSR count). The van der Waals surface area contributed by atoms with E-state index >= 15 is 0 Å². The van der Waals surface area contributed by atoms with Gasteiger partial charge in [0.15, 0.2) is 9.84 Å². The van der Waals surface area contributed by atoms with Crippen molar-refractivity contribution in [1.82, 2.24) is 0 Å². The molecule has 0 radical (unpaired) electrons. The minimum atomic E-state index is -4.02. The van der Waals surface area contributed by atoms with Crippen LogP contribution in [0.5, 0.6) is 0 Å². The number of hydrogen-bond donors (Lipinski definition) is 2. The maximum absolute atomic E-state index is 13.5. The third-order valence-electron chi connectivity index (χ3n) is 4.81. The fourth-order valence-electron chi connectivity index (χ4n) is 3.42. The molecule has 0 aliphatic heterocycles. The fraction of sp³-hybridized carbons (Fsp3) is 0.278. The molecular formula is C18H17FO5S. The van der Waals surface area contributed by atoms with E-state index in [0.717, 1.165) is 11.6 Å². The van der Waals surface area contributed by atoms with E-state index in [1.54, 1.807) is 19.1 Å². The number of aliphatic hydroxyl groups excluding tert-OH is 1. The van der Waals surface area contributed by atoms with Crippen molar-refractivity contribution in [1.29, 1.82) is 0 Å². The van der Waals surface area contributed by atoms with E-state index < -0.39 is 44.8 Å². The molecule has 0 unspecified atom stereocenters. The lowest BCUT2D eigenvalue weighted by Crippen LogP contribution is -2.27. The van der Waals surface area contributed by atoms with E-state index in [1.807, 2.05) is 0 Å². The van der Waals surface area contributed by atoms with Gasteiger partial charge >= 0.3 is 5.97 Å². The molecule has 3 atom stereocenters. The minimum absolute atomic E-state index is 0.0129. The summed E-state index contributed by atoms with van der Waals surface area (Å²) in [6.07, 6.45) is 0. The number of carbonyl (C=O) groups is 1. The van der Waals surface area contributed by atoms with Gasteiger partial charge in [-0.3, -0.25) is 4.79 Å². The molecule has 0 amide bonds. The van der Waals surface area contributed by atoms with Crippen molar-refractivity contribution in [3.63, 3.8) is 0 Å². The zero-order valence-electron chi connectivity index (χ0n) is 13.4. The van der Waals surface area contributed by atoms with Gasteiger partial charge in [0, 0.05) is 5.92 Å². The van der Waals surface area contributed by atoms with Crippen molar-refractivity contribution >= 4 is 15.8 Å². The predicted octanol–water partition coefficient (Wildman–Crippen LogP) is 2.14. The number of carboxylic acids is 1. The molecule has 2 N–H and O–H groups in total. The van der Waals surface area contributed by atoms with Gasteiger partial charge in [-0.05, 0) is 36.8 Å². The predicted molar refractivity (Wildman–Crippen MR) is 88.4 cm³/mol. The average molecular weight is 364 g/mol. The Balaban J connectivity index is 2.12. The topological polar surface area (TPSA) is 91.7 Å². The Kier molecular flexibility index (Phi) is 4.17. The molecule has 0 spiro atoms. The summed E-state index contributed by atoms with van der Waals surface area (Å²) in [5, 5.41) is 18.0. The number of benzene rings is 2. The van der Waals surface area contributed by atoms with Crippen LogP contribution in [0.2, 0.25) is 0 Å². The Hall–Kier alpha value is -2.25. The summed E-state index contributed by atoms with van der Waals surface area (Å²) in [7, 11) is -4.02. The Morgan fingerprint density at radius 3 is 2.36 bits per heavy atom. The Labute approximate surface area is 144 Å². The summed E-state index contributed by atoms with van der Waals surface area (Å²) < 4.78 is 39.5. The number of rotatable bonds is 5. The average Bonchev–Trinajstić information content (AvgIpc) is 3.27. The quantitative estimate of drug-likeness (QED) is 0.848. The number of carboxylic acid groups (broad SMARTS) is 1. The molecule has 1 saturated carbocycles. The third kappa shape index (κ3) is 2.63. The van der Waals surface area contributed by atoms with Crippen LogP contribution >= 0.6 is 0 Å². The summed E-state index contributed by atoms with van der Waals surface area (Å²) in [5.41, 5.74) is -0.766. The van der Waals surface area contributed by atoms with Gasteiger partial charge < -0.3 is 10.2 Å². The first-order chi connectivity index (χ1) is 11.7. The van der Waals surface area contributed by atoms with Crippen LogP contribution in [0.15, 0.2) is 53.4 Å². The summed E-state index contributed by atoms with van der Waals surface area (Å²) in [5.74, 6) is -3.02. The first-order valence-corrected chi connectivity index (χ1v) is 9.20. The summed E-state index contributed by atoms with van der Waals surface area (Å²) in [6, 6.07) is 11.2. The van der Waals surface area contributed by atoms with E-state index in [4.69, 9.17) is 0 Å². The highest BCUT2D eigenvalue weighted by Crippen LogP contribution is 2.64. The van der Waals surface area contributed by atoms with Gasteiger partial charge in [-0.1, -0.05) is 29.8 Å². The van der Waals surface area contributed by atoms with Crippen LogP contribution < -0.4 is 0 Å². The first-order valence-electron chi connectivity index (χ1n) is 7.65. The summed E-state index contributed by atoms with van der Waals surface area (Å²) >= 11 is 0. The molecule has 0 aromatic heterocycles. The molecule has 2 aromatic rings. The molecule has 1 aliphatic rings. The van der Waals surface area contributed by atoms with Crippen LogP contribution in [0.25, 0.3) is 0 Å². The normalized spacial score (nSPS) is 25.6. The number of aliphatic carboxylic acids is 1. The van der Waals surface area contributed by atoms with Crippen LogP contribution in [-0.2, 0) is 14.6 Å².